The molecule has 74 valence electrons. The van der Waals surface area contributed by atoms with Crippen LogP contribution in [0.2, 0.25) is 0 Å². The van der Waals surface area contributed by atoms with Gasteiger partial charge in [-0.3, -0.25) is 0 Å². The molecule has 0 aromatic heterocycles. The zero-order chi connectivity index (χ0) is 9.45. The molecule has 0 atom stereocenters. The molecule has 0 aliphatic carbocycles. The number of hydrogen-bond acceptors (Lipinski definition) is 3. The van der Waals surface area contributed by atoms with Crippen LogP contribution >= 0.6 is 0 Å². The molecule has 0 spiro atoms. The Balaban J connectivity index is 0.000000561. The van der Waals surface area contributed by atoms with Crippen molar-refractivity contribution in [2.24, 2.45) is 0 Å². The number of aliphatic hydroxyl groups is 1. The zero-order valence-corrected chi connectivity index (χ0v) is 8.39. The first-order valence-electron chi connectivity index (χ1n) is 4.69. The monoisotopic (exact) mass is 175 g/mol. The van der Waals surface area contributed by atoms with Gasteiger partial charge < -0.3 is 15.2 Å². The predicted molar refractivity (Wildman–Crippen MR) is 50.3 cm³/mol. The average molecular weight is 175 g/mol. The lowest BCUT2D eigenvalue weighted by Gasteiger charge is -2.31. The number of hydrogen-bond donors (Lipinski definition) is 2. The summed E-state index contributed by atoms with van der Waals surface area (Å²) in [6.45, 7) is 6.27. The third-order valence-electron chi connectivity index (χ3n) is 1.95. The molecule has 1 rings (SSSR count). The van der Waals surface area contributed by atoms with Crippen molar-refractivity contribution in [1.82, 2.24) is 5.32 Å². The summed E-state index contributed by atoms with van der Waals surface area (Å²) in [5, 5.41) is 12.9. The first kappa shape index (κ1) is 11.9. The van der Waals surface area contributed by atoms with Crippen molar-refractivity contribution in [3.05, 3.63) is 0 Å². The molecular formula is C9H21NO2. The molecule has 0 radical (unpaired) electrons. The SMILES string of the molecule is CC.COCC1(O)CCNCC1. The predicted octanol–water partition coefficient (Wildman–Crippen LogP) is 0.773. The van der Waals surface area contributed by atoms with Crippen molar-refractivity contribution in [3.8, 4) is 0 Å². The highest BCUT2D eigenvalue weighted by Gasteiger charge is 2.28. The lowest BCUT2D eigenvalue weighted by atomic mass is 9.94. The molecule has 1 aliphatic heterocycles. The maximum absolute atomic E-state index is 9.71. The van der Waals surface area contributed by atoms with Crippen LogP contribution < -0.4 is 5.32 Å². The van der Waals surface area contributed by atoms with Crippen molar-refractivity contribution < 1.29 is 9.84 Å². The summed E-state index contributed by atoms with van der Waals surface area (Å²) in [6, 6.07) is 0. The number of rotatable bonds is 2. The number of ether oxygens (including phenoxy) is 1. The molecule has 1 heterocycles. The van der Waals surface area contributed by atoms with Gasteiger partial charge in [0.1, 0.15) is 0 Å². The van der Waals surface area contributed by atoms with Gasteiger partial charge in [-0.2, -0.15) is 0 Å². The number of piperidine rings is 1. The summed E-state index contributed by atoms with van der Waals surface area (Å²) in [6.07, 6.45) is 1.61. The standard InChI is InChI=1S/C7H15NO2.C2H6/c1-10-6-7(9)2-4-8-5-3-7;1-2/h8-9H,2-6H2,1H3;1-2H3. The third kappa shape index (κ3) is 4.04. The van der Waals surface area contributed by atoms with E-state index in [0.717, 1.165) is 25.9 Å². The summed E-state index contributed by atoms with van der Waals surface area (Å²) < 4.78 is 4.91. The lowest BCUT2D eigenvalue weighted by Crippen LogP contribution is -2.44. The molecule has 0 bridgehead atoms. The van der Waals surface area contributed by atoms with Crippen molar-refractivity contribution in [3.63, 3.8) is 0 Å². The Bertz CT molecular complexity index is 95.2. The van der Waals surface area contributed by atoms with Crippen LogP contribution in [0.4, 0.5) is 0 Å². The Morgan fingerprint density at radius 3 is 2.25 bits per heavy atom. The van der Waals surface area contributed by atoms with Gasteiger partial charge in [-0.15, -0.1) is 0 Å². The fourth-order valence-electron chi connectivity index (χ4n) is 1.31. The fraction of sp³-hybridized carbons (Fsp3) is 1.00. The Hall–Kier alpha value is -0.120. The number of nitrogens with one attached hydrogen (secondary N) is 1. The normalized spacial score (nSPS) is 21.0. The van der Waals surface area contributed by atoms with Gasteiger partial charge in [0.25, 0.3) is 0 Å². The summed E-state index contributed by atoms with van der Waals surface area (Å²) in [5.74, 6) is 0. The van der Waals surface area contributed by atoms with Crippen molar-refractivity contribution in [2.45, 2.75) is 32.3 Å². The maximum Gasteiger partial charge on any atom is 0.0904 e. The van der Waals surface area contributed by atoms with Crippen LogP contribution in [0.1, 0.15) is 26.7 Å². The second-order valence-corrected chi connectivity index (χ2v) is 2.91. The highest BCUT2D eigenvalue weighted by molar-refractivity contribution is 4.83. The number of methoxy groups -OCH3 is 1. The molecule has 3 nitrogen and oxygen atoms in total. The molecule has 0 saturated carbocycles. The smallest absolute Gasteiger partial charge is 0.0904 e. The van der Waals surface area contributed by atoms with E-state index >= 15 is 0 Å². The van der Waals surface area contributed by atoms with Gasteiger partial charge in [0, 0.05) is 7.11 Å². The van der Waals surface area contributed by atoms with E-state index in [1.54, 1.807) is 7.11 Å². The zero-order valence-electron chi connectivity index (χ0n) is 8.39. The molecule has 1 fully saturated rings. The van der Waals surface area contributed by atoms with Crippen LogP contribution in [0.5, 0.6) is 0 Å². The molecule has 0 unspecified atom stereocenters. The quantitative estimate of drug-likeness (QED) is 0.651. The van der Waals surface area contributed by atoms with E-state index in [0.29, 0.717) is 6.61 Å². The topological polar surface area (TPSA) is 41.5 Å². The summed E-state index contributed by atoms with van der Waals surface area (Å²) >= 11 is 0. The van der Waals surface area contributed by atoms with Crippen LogP contribution in [0, 0.1) is 0 Å². The third-order valence-corrected chi connectivity index (χ3v) is 1.95. The summed E-state index contributed by atoms with van der Waals surface area (Å²) in [5.41, 5.74) is -0.556. The lowest BCUT2D eigenvalue weighted by molar-refractivity contribution is -0.0509. The van der Waals surface area contributed by atoms with E-state index in [4.69, 9.17) is 4.74 Å². The van der Waals surface area contributed by atoms with Crippen LogP contribution in [0.15, 0.2) is 0 Å². The molecule has 3 heteroatoms. The second kappa shape index (κ2) is 6.40. The van der Waals surface area contributed by atoms with Crippen LogP contribution in [-0.4, -0.2) is 37.5 Å². The molecular weight excluding hydrogens is 154 g/mol. The maximum atomic E-state index is 9.71. The molecule has 0 amide bonds. The first-order chi connectivity index (χ1) is 5.77. The average Bonchev–Trinajstić information content (AvgIpc) is 2.09. The Kier molecular flexibility index (Phi) is 6.34. The highest BCUT2D eigenvalue weighted by Crippen LogP contribution is 2.17. The van der Waals surface area contributed by atoms with Crippen LogP contribution in [0.3, 0.4) is 0 Å². The van der Waals surface area contributed by atoms with E-state index in [1.165, 1.54) is 0 Å². The van der Waals surface area contributed by atoms with Crippen LogP contribution in [-0.2, 0) is 4.74 Å². The van der Waals surface area contributed by atoms with E-state index < -0.39 is 5.60 Å². The molecule has 1 saturated heterocycles. The van der Waals surface area contributed by atoms with Gasteiger partial charge in [0.15, 0.2) is 0 Å². The minimum absolute atomic E-state index is 0.467. The highest BCUT2D eigenvalue weighted by atomic mass is 16.5. The van der Waals surface area contributed by atoms with E-state index in [2.05, 4.69) is 5.32 Å². The van der Waals surface area contributed by atoms with Gasteiger partial charge in [-0.1, -0.05) is 13.8 Å². The first-order valence-corrected chi connectivity index (χ1v) is 4.69. The van der Waals surface area contributed by atoms with Gasteiger partial charge >= 0.3 is 0 Å². The van der Waals surface area contributed by atoms with Crippen molar-refractivity contribution in [1.29, 1.82) is 0 Å². The van der Waals surface area contributed by atoms with Crippen molar-refractivity contribution in [2.75, 3.05) is 26.8 Å². The Morgan fingerprint density at radius 1 is 1.33 bits per heavy atom. The fourth-order valence-corrected chi connectivity index (χ4v) is 1.31. The van der Waals surface area contributed by atoms with E-state index in [9.17, 15) is 5.11 Å². The molecule has 12 heavy (non-hydrogen) atoms. The van der Waals surface area contributed by atoms with E-state index in [-0.39, 0.29) is 0 Å². The van der Waals surface area contributed by atoms with Gasteiger partial charge in [0.2, 0.25) is 0 Å². The molecule has 2 N–H and O–H groups in total. The molecule has 0 aromatic rings. The molecule has 0 aromatic carbocycles. The van der Waals surface area contributed by atoms with Gasteiger partial charge in [0.05, 0.1) is 12.2 Å². The van der Waals surface area contributed by atoms with Crippen LogP contribution in [0.25, 0.3) is 0 Å². The van der Waals surface area contributed by atoms with Gasteiger partial charge in [-0.05, 0) is 25.9 Å². The minimum Gasteiger partial charge on any atom is -0.387 e. The summed E-state index contributed by atoms with van der Waals surface area (Å²) in [4.78, 5) is 0. The second-order valence-electron chi connectivity index (χ2n) is 2.91. The Labute approximate surface area is 75.1 Å². The Morgan fingerprint density at radius 2 is 1.83 bits per heavy atom. The van der Waals surface area contributed by atoms with Crippen molar-refractivity contribution >= 4 is 0 Å². The molecule has 1 aliphatic rings. The van der Waals surface area contributed by atoms with E-state index in [1.807, 2.05) is 13.8 Å². The van der Waals surface area contributed by atoms with Gasteiger partial charge in [-0.25, -0.2) is 0 Å². The summed E-state index contributed by atoms with van der Waals surface area (Å²) in [7, 11) is 1.63. The minimum atomic E-state index is -0.556. The largest absolute Gasteiger partial charge is 0.387 e.